The molecule has 0 atom stereocenters. The Morgan fingerprint density at radius 1 is 0.881 bits per heavy atom. The number of nitrogens with zero attached hydrogens (tertiary/aromatic N) is 4. The van der Waals surface area contributed by atoms with E-state index in [4.69, 9.17) is 15.2 Å². The number of Topliss-reactive ketones (excluding diaryl/α,β-unsaturated/α-hetero) is 1. The minimum atomic E-state index is -1.26. The number of carbonyl (C=O) groups is 4. The Kier molecular flexibility index (Phi) is 12.9. The Labute approximate surface area is 245 Å². The van der Waals surface area contributed by atoms with Gasteiger partial charge in [0.15, 0.2) is 5.78 Å². The average Bonchev–Trinajstić information content (AvgIpc) is 3.33. The average molecular weight is 578 g/mol. The SMILES string of the molecule is CCCCNC(=O)CN1CCN(Cc2nc3ccccc3n2CCC(=O)c2ccccc2)CC1.O=C(O)/C=C\C(=O)O. The number of fused-ring (bicyclic) bond motifs is 1. The van der Waals surface area contributed by atoms with Crippen LogP contribution in [0.15, 0.2) is 66.7 Å². The molecule has 0 unspecified atom stereocenters. The standard InChI is InChI=1S/C27H35N5O2.C4H4O4/c1-2-3-14-28-27(34)21-31-18-16-30(17-19-31)20-26-29-23-11-7-8-12-24(23)32(26)15-13-25(33)22-9-5-4-6-10-22;5-3(6)1-2-4(7)8/h4-12H,2-3,13-21H2,1H3,(H,28,34);1-2H,(H,5,6)(H,7,8)/b;2-1-. The van der Waals surface area contributed by atoms with Gasteiger partial charge in [-0.25, -0.2) is 14.6 Å². The van der Waals surface area contributed by atoms with Crippen molar-refractivity contribution in [3.63, 3.8) is 0 Å². The number of para-hydroxylation sites is 2. The predicted molar refractivity (Wildman–Crippen MR) is 159 cm³/mol. The van der Waals surface area contributed by atoms with Gasteiger partial charge in [-0.3, -0.25) is 19.4 Å². The van der Waals surface area contributed by atoms with Crippen LogP contribution in [0.3, 0.4) is 0 Å². The van der Waals surface area contributed by atoms with E-state index in [1.54, 1.807) is 0 Å². The molecule has 0 spiro atoms. The number of aryl methyl sites for hydroxylation is 1. The lowest BCUT2D eigenvalue weighted by atomic mass is 10.1. The number of hydrogen-bond donors (Lipinski definition) is 3. The third-order valence-corrected chi connectivity index (χ3v) is 6.81. The zero-order valence-corrected chi connectivity index (χ0v) is 23.9. The predicted octanol–water partition coefficient (Wildman–Crippen LogP) is 3.05. The quantitative estimate of drug-likeness (QED) is 0.159. The summed E-state index contributed by atoms with van der Waals surface area (Å²) in [5.41, 5.74) is 2.79. The highest BCUT2D eigenvalue weighted by Gasteiger charge is 2.21. The van der Waals surface area contributed by atoms with Crippen LogP contribution in [0.1, 0.15) is 42.4 Å². The van der Waals surface area contributed by atoms with Crippen LogP contribution in [0.25, 0.3) is 11.0 Å². The van der Waals surface area contributed by atoms with Crippen molar-refractivity contribution < 1.29 is 29.4 Å². The van der Waals surface area contributed by atoms with Crippen molar-refractivity contribution in [1.29, 1.82) is 0 Å². The smallest absolute Gasteiger partial charge is 0.328 e. The van der Waals surface area contributed by atoms with Crippen molar-refractivity contribution in [3.05, 3.63) is 78.1 Å². The molecule has 3 aromatic rings. The number of carbonyl (C=O) groups excluding carboxylic acids is 2. The van der Waals surface area contributed by atoms with Crippen LogP contribution in [0.2, 0.25) is 0 Å². The fraction of sp³-hybridized carbons (Fsp3) is 0.387. The maximum absolute atomic E-state index is 12.7. The molecular weight excluding hydrogens is 538 g/mol. The molecule has 224 valence electrons. The number of imidazole rings is 1. The molecule has 0 aliphatic carbocycles. The minimum absolute atomic E-state index is 0.117. The second kappa shape index (κ2) is 16.8. The van der Waals surface area contributed by atoms with E-state index >= 15 is 0 Å². The van der Waals surface area contributed by atoms with Crippen LogP contribution in [-0.4, -0.2) is 92.5 Å². The fourth-order valence-electron chi connectivity index (χ4n) is 4.59. The third kappa shape index (κ3) is 10.6. The van der Waals surface area contributed by atoms with Gasteiger partial charge in [-0.15, -0.1) is 0 Å². The Bertz CT molecular complexity index is 1350. The molecular formula is C31H39N5O6. The van der Waals surface area contributed by atoms with Gasteiger partial charge < -0.3 is 20.1 Å². The molecule has 0 radical (unpaired) electrons. The highest BCUT2D eigenvalue weighted by molar-refractivity contribution is 5.96. The molecule has 1 aromatic heterocycles. The minimum Gasteiger partial charge on any atom is -0.478 e. The summed E-state index contributed by atoms with van der Waals surface area (Å²) in [5, 5.41) is 18.6. The normalized spacial score (nSPS) is 13.9. The first-order valence-corrected chi connectivity index (χ1v) is 14.1. The molecule has 0 saturated carbocycles. The van der Waals surface area contributed by atoms with Crippen molar-refractivity contribution in [3.8, 4) is 0 Å². The van der Waals surface area contributed by atoms with Crippen LogP contribution in [0, 0.1) is 0 Å². The second-order valence-electron chi connectivity index (χ2n) is 9.97. The van der Waals surface area contributed by atoms with Crippen molar-refractivity contribution in [2.45, 2.75) is 39.3 Å². The Hall–Kier alpha value is -4.35. The van der Waals surface area contributed by atoms with Gasteiger partial charge in [0.1, 0.15) is 5.82 Å². The van der Waals surface area contributed by atoms with E-state index in [1.165, 1.54) is 0 Å². The van der Waals surface area contributed by atoms with Crippen LogP contribution in [0.5, 0.6) is 0 Å². The number of rotatable bonds is 13. The van der Waals surface area contributed by atoms with Gasteiger partial charge in [-0.05, 0) is 18.6 Å². The van der Waals surface area contributed by atoms with Crippen LogP contribution in [-0.2, 0) is 27.5 Å². The van der Waals surface area contributed by atoms with Gasteiger partial charge in [0, 0.05) is 63.4 Å². The van der Waals surface area contributed by atoms with E-state index in [2.05, 4.69) is 32.7 Å². The number of carboxylic acids is 2. The van der Waals surface area contributed by atoms with E-state index < -0.39 is 11.9 Å². The maximum atomic E-state index is 12.7. The van der Waals surface area contributed by atoms with Crippen LogP contribution < -0.4 is 5.32 Å². The van der Waals surface area contributed by atoms with Crippen LogP contribution in [0.4, 0.5) is 0 Å². The fourth-order valence-corrected chi connectivity index (χ4v) is 4.59. The molecule has 1 fully saturated rings. The number of aliphatic carboxylic acids is 2. The van der Waals surface area contributed by atoms with Gasteiger partial charge in [0.25, 0.3) is 0 Å². The third-order valence-electron chi connectivity index (χ3n) is 6.81. The molecule has 1 aliphatic rings. The Balaban J connectivity index is 0.000000531. The molecule has 3 N–H and O–H groups in total. The number of aromatic nitrogens is 2. The first-order chi connectivity index (χ1) is 20.3. The first kappa shape index (κ1) is 32.2. The maximum Gasteiger partial charge on any atom is 0.328 e. The van der Waals surface area contributed by atoms with Crippen molar-refractivity contribution in [1.82, 2.24) is 24.7 Å². The lowest BCUT2D eigenvalue weighted by Gasteiger charge is -2.34. The number of nitrogens with one attached hydrogen (secondary N) is 1. The number of carboxylic acid groups (broad SMARTS) is 2. The molecule has 2 heterocycles. The summed E-state index contributed by atoms with van der Waals surface area (Å²) in [6, 6.07) is 17.6. The van der Waals surface area contributed by atoms with E-state index in [1.807, 2.05) is 48.5 Å². The van der Waals surface area contributed by atoms with Crippen molar-refractivity contribution >= 4 is 34.7 Å². The van der Waals surface area contributed by atoms with Crippen LogP contribution >= 0.6 is 0 Å². The van der Waals surface area contributed by atoms with Gasteiger partial charge in [-0.1, -0.05) is 55.8 Å². The topological polar surface area (TPSA) is 145 Å². The lowest BCUT2D eigenvalue weighted by Crippen LogP contribution is -2.49. The number of ketones is 1. The summed E-state index contributed by atoms with van der Waals surface area (Å²) in [4.78, 5) is 53.4. The molecule has 1 saturated heterocycles. The largest absolute Gasteiger partial charge is 0.478 e. The molecule has 4 rings (SSSR count). The zero-order valence-electron chi connectivity index (χ0n) is 23.9. The molecule has 2 aromatic carbocycles. The number of hydrogen-bond acceptors (Lipinski definition) is 7. The van der Waals surface area contributed by atoms with E-state index in [9.17, 15) is 19.2 Å². The van der Waals surface area contributed by atoms with Gasteiger partial charge in [0.05, 0.1) is 24.1 Å². The highest BCUT2D eigenvalue weighted by Crippen LogP contribution is 2.19. The Morgan fingerprint density at radius 3 is 2.14 bits per heavy atom. The molecule has 11 heteroatoms. The monoisotopic (exact) mass is 577 g/mol. The molecule has 0 bridgehead atoms. The second-order valence-corrected chi connectivity index (χ2v) is 9.97. The molecule has 1 aliphatic heterocycles. The molecule has 1 amide bonds. The lowest BCUT2D eigenvalue weighted by molar-refractivity contribution is -0.134. The van der Waals surface area contributed by atoms with Crippen molar-refractivity contribution in [2.75, 3.05) is 39.3 Å². The first-order valence-electron chi connectivity index (χ1n) is 14.1. The van der Waals surface area contributed by atoms with Gasteiger partial charge >= 0.3 is 11.9 Å². The summed E-state index contributed by atoms with van der Waals surface area (Å²) in [6.07, 6.45) is 3.67. The number of benzene rings is 2. The van der Waals surface area contributed by atoms with Gasteiger partial charge in [0.2, 0.25) is 5.91 Å². The van der Waals surface area contributed by atoms with Gasteiger partial charge in [-0.2, -0.15) is 0 Å². The van der Waals surface area contributed by atoms with E-state index in [0.717, 1.165) is 74.5 Å². The summed E-state index contributed by atoms with van der Waals surface area (Å²) in [5.74, 6) is -1.26. The summed E-state index contributed by atoms with van der Waals surface area (Å²) >= 11 is 0. The number of amides is 1. The zero-order chi connectivity index (χ0) is 30.3. The van der Waals surface area contributed by atoms with E-state index in [-0.39, 0.29) is 11.7 Å². The molecule has 11 nitrogen and oxygen atoms in total. The van der Waals surface area contributed by atoms with E-state index in [0.29, 0.717) is 31.7 Å². The summed E-state index contributed by atoms with van der Waals surface area (Å²) in [6.45, 7) is 8.24. The van der Waals surface area contributed by atoms with Crippen molar-refractivity contribution in [2.24, 2.45) is 0 Å². The Morgan fingerprint density at radius 2 is 1.50 bits per heavy atom. The number of unbranched alkanes of at least 4 members (excludes halogenated alkanes) is 1. The molecule has 42 heavy (non-hydrogen) atoms. The highest BCUT2D eigenvalue weighted by atomic mass is 16.4. The number of piperazine rings is 1. The summed E-state index contributed by atoms with van der Waals surface area (Å²) in [7, 11) is 0. The summed E-state index contributed by atoms with van der Waals surface area (Å²) < 4.78 is 2.20.